The Bertz CT molecular complexity index is 393. The molecule has 1 aliphatic rings. The van der Waals surface area contributed by atoms with Crippen LogP contribution in [-0.2, 0) is 10.2 Å². The van der Waals surface area contributed by atoms with E-state index in [9.17, 15) is 4.79 Å². The third-order valence-electron chi connectivity index (χ3n) is 2.64. The van der Waals surface area contributed by atoms with Crippen molar-refractivity contribution in [2.24, 2.45) is 5.84 Å². The highest BCUT2D eigenvalue weighted by molar-refractivity contribution is 9.10. The maximum Gasteiger partial charge on any atom is 0.246 e. The van der Waals surface area contributed by atoms with E-state index < -0.39 is 5.41 Å². The molecule has 3 N–H and O–H groups in total. The lowest BCUT2D eigenvalue weighted by Gasteiger charge is -2.39. The predicted octanol–water partition coefficient (Wildman–Crippen LogP) is 1.42. The quantitative estimate of drug-likeness (QED) is 0.491. The number of carbonyl (C=O) groups excluding carboxylic acids is 1. The van der Waals surface area contributed by atoms with E-state index in [-0.39, 0.29) is 5.91 Å². The molecular formula is C10H11BrN2OS. The van der Waals surface area contributed by atoms with Crippen molar-refractivity contribution in [2.45, 2.75) is 5.41 Å². The summed E-state index contributed by atoms with van der Waals surface area (Å²) in [7, 11) is 0. The third kappa shape index (κ3) is 1.79. The van der Waals surface area contributed by atoms with Crippen molar-refractivity contribution in [1.82, 2.24) is 5.43 Å². The van der Waals surface area contributed by atoms with Crippen LogP contribution in [0.3, 0.4) is 0 Å². The second-order valence-electron chi connectivity index (χ2n) is 3.56. The molecule has 0 aliphatic carbocycles. The van der Waals surface area contributed by atoms with Gasteiger partial charge in [-0.05, 0) is 17.7 Å². The fraction of sp³-hybridized carbons (Fsp3) is 0.300. The number of carbonyl (C=O) groups is 1. The summed E-state index contributed by atoms with van der Waals surface area (Å²) in [6, 6.07) is 7.84. The van der Waals surface area contributed by atoms with Crippen LogP contribution in [0.5, 0.6) is 0 Å². The van der Waals surface area contributed by atoms with Crippen LogP contribution in [0.25, 0.3) is 0 Å². The largest absolute Gasteiger partial charge is 0.293 e. The van der Waals surface area contributed by atoms with E-state index in [0.29, 0.717) is 0 Å². The first-order valence-electron chi connectivity index (χ1n) is 4.54. The Labute approximate surface area is 101 Å². The third-order valence-corrected chi connectivity index (χ3v) is 4.53. The molecule has 3 nitrogen and oxygen atoms in total. The van der Waals surface area contributed by atoms with Gasteiger partial charge < -0.3 is 0 Å². The maximum atomic E-state index is 11.8. The second-order valence-corrected chi connectivity index (χ2v) is 5.46. The van der Waals surface area contributed by atoms with E-state index in [1.165, 1.54) is 0 Å². The molecule has 5 heteroatoms. The summed E-state index contributed by atoms with van der Waals surface area (Å²) in [4.78, 5) is 11.8. The van der Waals surface area contributed by atoms with Gasteiger partial charge in [-0.3, -0.25) is 10.2 Å². The zero-order valence-electron chi connectivity index (χ0n) is 8.00. The number of hydrogen-bond acceptors (Lipinski definition) is 3. The summed E-state index contributed by atoms with van der Waals surface area (Å²) in [5.74, 6) is 6.72. The molecule has 1 aromatic rings. The Balaban J connectivity index is 2.38. The van der Waals surface area contributed by atoms with Crippen LogP contribution in [-0.4, -0.2) is 17.4 Å². The summed E-state index contributed by atoms with van der Waals surface area (Å²) in [5.41, 5.74) is 2.86. The zero-order valence-corrected chi connectivity index (χ0v) is 10.4. The van der Waals surface area contributed by atoms with Crippen LogP contribution in [0.1, 0.15) is 5.56 Å². The van der Waals surface area contributed by atoms with E-state index >= 15 is 0 Å². The van der Waals surface area contributed by atoms with Gasteiger partial charge >= 0.3 is 0 Å². The molecule has 0 spiro atoms. The van der Waals surface area contributed by atoms with E-state index in [2.05, 4.69) is 21.4 Å². The zero-order chi connectivity index (χ0) is 10.9. The molecule has 1 amide bonds. The number of nitrogens with one attached hydrogen (secondary N) is 1. The van der Waals surface area contributed by atoms with Crippen LogP contribution < -0.4 is 11.3 Å². The minimum atomic E-state index is -0.427. The topological polar surface area (TPSA) is 55.1 Å². The van der Waals surface area contributed by atoms with Crippen LogP contribution in [0.4, 0.5) is 0 Å². The van der Waals surface area contributed by atoms with Crippen molar-refractivity contribution in [3.63, 3.8) is 0 Å². The normalized spacial score (nSPS) is 18.0. The van der Waals surface area contributed by atoms with E-state index in [0.717, 1.165) is 21.5 Å². The smallest absolute Gasteiger partial charge is 0.246 e. The number of hydrazine groups is 1. The number of rotatable bonds is 2. The van der Waals surface area contributed by atoms with Gasteiger partial charge in [0.1, 0.15) is 0 Å². The standard InChI is InChI=1S/C10H11BrN2OS/c11-8-3-1-2-7(4-8)10(5-15-6-10)9(14)13-12/h1-4H,5-6,12H2,(H,13,14). The number of benzene rings is 1. The summed E-state index contributed by atoms with van der Waals surface area (Å²) >= 11 is 5.17. The van der Waals surface area contributed by atoms with E-state index in [1.807, 2.05) is 24.3 Å². The fourth-order valence-electron chi connectivity index (χ4n) is 1.66. The number of nitrogens with two attached hydrogens (primary N) is 1. The fourth-order valence-corrected chi connectivity index (χ4v) is 3.27. The molecular weight excluding hydrogens is 276 g/mol. The van der Waals surface area contributed by atoms with Crippen molar-refractivity contribution >= 4 is 33.6 Å². The Morgan fingerprint density at radius 1 is 1.53 bits per heavy atom. The molecule has 0 aromatic heterocycles. The molecule has 0 unspecified atom stereocenters. The van der Waals surface area contributed by atoms with Crippen molar-refractivity contribution in [1.29, 1.82) is 0 Å². The molecule has 1 saturated heterocycles. The highest BCUT2D eigenvalue weighted by atomic mass is 79.9. The van der Waals surface area contributed by atoms with E-state index in [1.54, 1.807) is 11.8 Å². The summed E-state index contributed by atoms with van der Waals surface area (Å²) in [5, 5.41) is 0. The molecule has 0 atom stereocenters. The van der Waals surface area contributed by atoms with Crippen molar-refractivity contribution < 1.29 is 4.79 Å². The average molecular weight is 287 g/mol. The van der Waals surface area contributed by atoms with Gasteiger partial charge in [-0.15, -0.1) is 0 Å². The monoisotopic (exact) mass is 286 g/mol. The van der Waals surface area contributed by atoms with Gasteiger partial charge in [0.25, 0.3) is 0 Å². The second kappa shape index (κ2) is 4.15. The summed E-state index contributed by atoms with van der Waals surface area (Å²) < 4.78 is 0.987. The number of hydrogen-bond donors (Lipinski definition) is 2. The van der Waals surface area contributed by atoms with E-state index in [4.69, 9.17) is 5.84 Å². The van der Waals surface area contributed by atoms with Gasteiger partial charge in [-0.2, -0.15) is 11.8 Å². The van der Waals surface area contributed by atoms with Gasteiger partial charge in [0.2, 0.25) is 5.91 Å². The average Bonchev–Trinajstić information content (AvgIpc) is 2.16. The molecule has 1 fully saturated rings. The van der Waals surface area contributed by atoms with Gasteiger partial charge in [0.15, 0.2) is 0 Å². The maximum absolute atomic E-state index is 11.8. The van der Waals surface area contributed by atoms with Gasteiger partial charge in [0, 0.05) is 16.0 Å². The van der Waals surface area contributed by atoms with Crippen LogP contribution in [0.15, 0.2) is 28.7 Å². The van der Waals surface area contributed by atoms with Crippen molar-refractivity contribution in [3.8, 4) is 0 Å². The highest BCUT2D eigenvalue weighted by Crippen LogP contribution is 2.41. The number of halogens is 1. The van der Waals surface area contributed by atoms with Gasteiger partial charge in [0.05, 0.1) is 5.41 Å². The summed E-state index contributed by atoms with van der Waals surface area (Å²) in [6.07, 6.45) is 0. The molecule has 1 aliphatic heterocycles. The lowest BCUT2D eigenvalue weighted by atomic mass is 9.82. The number of thioether (sulfide) groups is 1. The first kappa shape index (κ1) is 11.0. The molecule has 15 heavy (non-hydrogen) atoms. The summed E-state index contributed by atoms with van der Waals surface area (Å²) in [6.45, 7) is 0. The minimum absolute atomic E-state index is 0.0978. The Kier molecular flexibility index (Phi) is 3.04. The van der Waals surface area contributed by atoms with Crippen molar-refractivity contribution in [2.75, 3.05) is 11.5 Å². The lowest BCUT2D eigenvalue weighted by Crippen LogP contribution is -2.55. The van der Waals surface area contributed by atoms with Crippen LogP contribution >= 0.6 is 27.7 Å². The molecule has 1 heterocycles. The first-order chi connectivity index (χ1) is 7.19. The Morgan fingerprint density at radius 3 is 2.73 bits per heavy atom. The predicted molar refractivity (Wildman–Crippen MR) is 65.5 cm³/mol. The molecule has 0 saturated carbocycles. The number of amides is 1. The van der Waals surface area contributed by atoms with Gasteiger partial charge in [-0.1, -0.05) is 28.1 Å². The first-order valence-corrected chi connectivity index (χ1v) is 6.49. The Morgan fingerprint density at radius 2 is 2.27 bits per heavy atom. The minimum Gasteiger partial charge on any atom is -0.293 e. The molecule has 0 radical (unpaired) electrons. The highest BCUT2D eigenvalue weighted by Gasteiger charge is 2.46. The molecule has 80 valence electrons. The van der Waals surface area contributed by atoms with Crippen LogP contribution in [0.2, 0.25) is 0 Å². The molecule has 1 aromatic carbocycles. The van der Waals surface area contributed by atoms with Gasteiger partial charge in [-0.25, -0.2) is 5.84 Å². The van der Waals surface area contributed by atoms with Crippen LogP contribution in [0, 0.1) is 0 Å². The molecule has 2 rings (SSSR count). The van der Waals surface area contributed by atoms with Crippen molar-refractivity contribution in [3.05, 3.63) is 34.3 Å². The molecule has 0 bridgehead atoms. The Hall–Kier alpha value is -0.520. The SMILES string of the molecule is NNC(=O)C1(c2cccc(Br)c2)CSC1. The lowest BCUT2D eigenvalue weighted by molar-refractivity contribution is -0.125.